The molecule has 0 saturated carbocycles. The number of aryl methyl sites for hydroxylation is 1. The highest BCUT2D eigenvalue weighted by Crippen LogP contribution is 2.42. The van der Waals surface area contributed by atoms with E-state index in [1.807, 2.05) is 60.4 Å². The van der Waals surface area contributed by atoms with Gasteiger partial charge in [0.2, 0.25) is 11.8 Å². The van der Waals surface area contributed by atoms with E-state index in [0.717, 1.165) is 22.5 Å². The highest BCUT2D eigenvalue weighted by atomic mass is 35.5. The number of nitrogens with one attached hydrogen (secondary N) is 1. The third-order valence-electron chi connectivity index (χ3n) is 3.96. The maximum Gasteiger partial charge on any atom is 0.238 e. The third kappa shape index (κ3) is 4.17. The number of alkyl halides is 1. The smallest absolute Gasteiger partial charge is 0.238 e. The maximum absolute atomic E-state index is 12.4. The highest BCUT2D eigenvalue weighted by Gasteiger charge is 2.34. The Morgan fingerprint density at radius 1 is 1.28 bits per heavy atom. The summed E-state index contributed by atoms with van der Waals surface area (Å²) in [5.74, 6) is 0.717. The molecule has 0 aliphatic carbocycles. The summed E-state index contributed by atoms with van der Waals surface area (Å²) in [4.78, 5) is 26.0. The van der Waals surface area contributed by atoms with Crippen LogP contribution in [-0.4, -0.2) is 23.4 Å². The van der Waals surface area contributed by atoms with Crippen LogP contribution >= 0.6 is 23.4 Å². The Morgan fingerprint density at radius 2 is 2.04 bits per heavy atom. The van der Waals surface area contributed by atoms with Gasteiger partial charge in [0.15, 0.2) is 0 Å². The van der Waals surface area contributed by atoms with Gasteiger partial charge in [-0.3, -0.25) is 14.5 Å². The molecule has 0 aromatic heterocycles. The Kier molecular flexibility index (Phi) is 5.66. The Balaban J connectivity index is 1.85. The average molecular weight is 375 g/mol. The van der Waals surface area contributed by atoms with Crippen molar-refractivity contribution < 1.29 is 9.59 Å². The van der Waals surface area contributed by atoms with Crippen molar-refractivity contribution in [2.24, 2.45) is 0 Å². The molecule has 2 aromatic rings. The minimum absolute atomic E-state index is 0.0930. The SMILES string of the molecule is Cc1ccc(N2C(=O)CSC2c2cccc(NC(=O)CCCl)c2)cc1. The highest BCUT2D eigenvalue weighted by molar-refractivity contribution is 8.00. The zero-order chi connectivity index (χ0) is 17.8. The van der Waals surface area contributed by atoms with Crippen molar-refractivity contribution in [2.45, 2.75) is 18.7 Å². The van der Waals surface area contributed by atoms with Gasteiger partial charge >= 0.3 is 0 Å². The number of thioether (sulfide) groups is 1. The van der Waals surface area contributed by atoms with Crippen molar-refractivity contribution in [3.63, 3.8) is 0 Å². The summed E-state index contributed by atoms with van der Waals surface area (Å²) in [6, 6.07) is 15.6. The second kappa shape index (κ2) is 7.93. The topological polar surface area (TPSA) is 49.4 Å². The fraction of sp³-hybridized carbons (Fsp3) is 0.263. The lowest BCUT2D eigenvalue weighted by Gasteiger charge is -2.25. The molecule has 1 N–H and O–H groups in total. The molecule has 1 aliphatic rings. The maximum atomic E-state index is 12.4. The summed E-state index contributed by atoms with van der Waals surface area (Å²) in [5, 5.41) is 2.75. The van der Waals surface area contributed by atoms with Gasteiger partial charge in [0.25, 0.3) is 0 Å². The van der Waals surface area contributed by atoms with Gasteiger partial charge in [-0.25, -0.2) is 0 Å². The second-order valence-electron chi connectivity index (χ2n) is 5.88. The van der Waals surface area contributed by atoms with Gasteiger partial charge in [-0.1, -0.05) is 29.8 Å². The molecule has 0 radical (unpaired) electrons. The molecule has 4 nitrogen and oxygen atoms in total. The van der Waals surface area contributed by atoms with Crippen LogP contribution in [0.15, 0.2) is 48.5 Å². The molecular formula is C19H19ClN2O2S. The number of rotatable bonds is 5. The molecule has 3 rings (SSSR count). The lowest BCUT2D eigenvalue weighted by molar-refractivity contribution is -0.116. The second-order valence-corrected chi connectivity index (χ2v) is 7.32. The van der Waals surface area contributed by atoms with E-state index in [4.69, 9.17) is 11.6 Å². The molecule has 1 unspecified atom stereocenters. The van der Waals surface area contributed by atoms with Crippen LogP contribution in [0.4, 0.5) is 11.4 Å². The summed E-state index contributed by atoms with van der Waals surface area (Å²) in [6.45, 7) is 2.02. The van der Waals surface area contributed by atoms with E-state index < -0.39 is 0 Å². The number of anilines is 2. The molecule has 2 aromatic carbocycles. The molecule has 1 heterocycles. The van der Waals surface area contributed by atoms with Gasteiger partial charge in [-0.15, -0.1) is 23.4 Å². The summed E-state index contributed by atoms with van der Waals surface area (Å²) < 4.78 is 0. The largest absolute Gasteiger partial charge is 0.326 e. The summed E-state index contributed by atoms with van der Waals surface area (Å²) >= 11 is 7.19. The van der Waals surface area contributed by atoms with E-state index in [-0.39, 0.29) is 23.6 Å². The van der Waals surface area contributed by atoms with Gasteiger partial charge in [0, 0.05) is 23.7 Å². The molecule has 1 aliphatic heterocycles. The summed E-state index contributed by atoms with van der Waals surface area (Å²) in [6.07, 6.45) is 0.276. The van der Waals surface area contributed by atoms with Crippen LogP contribution in [0, 0.1) is 6.92 Å². The van der Waals surface area contributed by atoms with Crippen molar-refractivity contribution in [1.82, 2.24) is 0 Å². The predicted octanol–water partition coefficient (Wildman–Crippen LogP) is 4.34. The molecule has 2 amide bonds. The van der Waals surface area contributed by atoms with Crippen LogP contribution in [0.1, 0.15) is 22.9 Å². The van der Waals surface area contributed by atoms with Crippen LogP contribution in [0.5, 0.6) is 0 Å². The lowest BCUT2D eigenvalue weighted by Crippen LogP contribution is -2.27. The standard InChI is InChI=1S/C19H19ClN2O2S/c1-13-5-7-16(8-6-13)22-18(24)12-25-19(22)14-3-2-4-15(11-14)21-17(23)9-10-20/h2-8,11,19H,9-10,12H2,1H3,(H,21,23). The molecule has 25 heavy (non-hydrogen) atoms. The summed E-state index contributed by atoms with van der Waals surface area (Å²) in [7, 11) is 0. The number of amides is 2. The van der Waals surface area contributed by atoms with Crippen LogP contribution in [0.2, 0.25) is 0 Å². The minimum Gasteiger partial charge on any atom is -0.326 e. The van der Waals surface area contributed by atoms with Gasteiger partial charge < -0.3 is 5.32 Å². The van der Waals surface area contributed by atoms with Gasteiger partial charge in [0.05, 0.1) is 5.75 Å². The number of hydrogen-bond acceptors (Lipinski definition) is 3. The number of carbonyl (C=O) groups excluding carboxylic acids is 2. The van der Waals surface area contributed by atoms with E-state index >= 15 is 0 Å². The van der Waals surface area contributed by atoms with Crippen molar-refractivity contribution in [3.05, 3.63) is 59.7 Å². The monoisotopic (exact) mass is 374 g/mol. The Hall–Kier alpha value is -1.98. The lowest BCUT2D eigenvalue weighted by atomic mass is 10.1. The van der Waals surface area contributed by atoms with Gasteiger partial charge in [-0.05, 0) is 36.8 Å². The number of halogens is 1. The normalized spacial score (nSPS) is 17.0. The molecule has 0 bridgehead atoms. The van der Waals surface area contributed by atoms with Gasteiger partial charge in [0.1, 0.15) is 5.37 Å². The number of nitrogens with zero attached hydrogens (tertiary/aromatic N) is 1. The van der Waals surface area contributed by atoms with E-state index in [2.05, 4.69) is 5.32 Å². The number of benzene rings is 2. The fourth-order valence-corrected chi connectivity index (χ4v) is 4.07. The van der Waals surface area contributed by atoms with E-state index in [1.165, 1.54) is 0 Å². The molecular weight excluding hydrogens is 356 g/mol. The van der Waals surface area contributed by atoms with E-state index in [1.54, 1.807) is 11.8 Å². The van der Waals surface area contributed by atoms with Crippen molar-refractivity contribution in [3.8, 4) is 0 Å². The molecule has 1 saturated heterocycles. The zero-order valence-electron chi connectivity index (χ0n) is 13.9. The Bertz CT molecular complexity index is 779. The first kappa shape index (κ1) is 17.8. The van der Waals surface area contributed by atoms with Crippen LogP contribution < -0.4 is 10.2 Å². The van der Waals surface area contributed by atoms with Crippen LogP contribution in [0.3, 0.4) is 0 Å². The van der Waals surface area contributed by atoms with Crippen LogP contribution in [-0.2, 0) is 9.59 Å². The van der Waals surface area contributed by atoms with Crippen molar-refractivity contribution in [1.29, 1.82) is 0 Å². The van der Waals surface area contributed by atoms with Crippen LogP contribution in [0.25, 0.3) is 0 Å². The molecule has 130 valence electrons. The molecule has 6 heteroatoms. The first-order chi connectivity index (χ1) is 12.1. The van der Waals surface area contributed by atoms with Crippen molar-refractivity contribution >= 4 is 46.6 Å². The summed E-state index contributed by atoms with van der Waals surface area (Å²) in [5.41, 5.74) is 3.75. The van der Waals surface area contributed by atoms with E-state index in [9.17, 15) is 9.59 Å². The van der Waals surface area contributed by atoms with E-state index in [0.29, 0.717) is 11.6 Å². The predicted molar refractivity (Wildman–Crippen MR) is 104 cm³/mol. The first-order valence-corrected chi connectivity index (χ1v) is 9.63. The zero-order valence-corrected chi connectivity index (χ0v) is 15.4. The van der Waals surface area contributed by atoms with Crippen molar-refractivity contribution in [2.75, 3.05) is 21.8 Å². The first-order valence-electron chi connectivity index (χ1n) is 8.04. The molecule has 1 atom stereocenters. The molecule has 1 fully saturated rings. The average Bonchev–Trinajstić information content (AvgIpc) is 2.98. The minimum atomic E-state index is -0.113. The van der Waals surface area contributed by atoms with Gasteiger partial charge in [-0.2, -0.15) is 0 Å². The molecule has 0 spiro atoms. The quantitative estimate of drug-likeness (QED) is 0.792. The Morgan fingerprint density at radius 3 is 2.76 bits per heavy atom. The third-order valence-corrected chi connectivity index (χ3v) is 5.36. The number of hydrogen-bond donors (Lipinski definition) is 1. The fourth-order valence-electron chi connectivity index (χ4n) is 2.73. The number of carbonyl (C=O) groups is 2. The Labute approximate surface area is 156 Å².